The van der Waals surface area contributed by atoms with Crippen molar-refractivity contribution in [3.05, 3.63) is 82.3 Å². The fourth-order valence-corrected chi connectivity index (χ4v) is 3.88. The van der Waals surface area contributed by atoms with Gasteiger partial charge in [0.15, 0.2) is 5.82 Å². The second-order valence-corrected chi connectivity index (χ2v) is 8.36. The number of hydrogen-bond acceptors (Lipinski definition) is 5. The Kier molecular flexibility index (Phi) is 5.12. The van der Waals surface area contributed by atoms with Crippen LogP contribution in [0.3, 0.4) is 0 Å². The molecule has 4 aromatic heterocycles. The van der Waals surface area contributed by atoms with Gasteiger partial charge in [0.2, 0.25) is 0 Å². The second-order valence-electron chi connectivity index (χ2n) is 8.36. The van der Waals surface area contributed by atoms with Crippen LogP contribution in [0.15, 0.2) is 59.8 Å². The number of amides is 1. The lowest BCUT2D eigenvalue weighted by atomic mass is 10.0. The fraction of sp³-hybridized carbons (Fsp3) is 0.240. The SMILES string of the molecule is Cc1ccc(-c2cc(C(=O)Nc3cccc(-c4nccn4C4CC4)n3)c(=O)n(C)c2C)cn1. The summed E-state index contributed by atoms with van der Waals surface area (Å²) in [6.45, 7) is 3.76. The largest absolute Gasteiger partial charge is 0.327 e. The van der Waals surface area contributed by atoms with Crippen LogP contribution in [-0.2, 0) is 7.05 Å². The summed E-state index contributed by atoms with van der Waals surface area (Å²) < 4.78 is 3.60. The summed E-state index contributed by atoms with van der Waals surface area (Å²) in [5.41, 5.74) is 3.63. The lowest BCUT2D eigenvalue weighted by Gasteiger charge is -2.14. The van der Waals surface area contributed by atoms with E-state index in [1.54, 1.807) is 31.6 Å². The standard InChI is InChI=1S/C25H24N6O2/c1-15-7-8-17(14-27-15)19-13-20(25(33)30(3)16(19)2)24(32)29-22-6-4-5-21(28-22)23-26-11-12-31(23)18-9-10-18/h4-8,11-14,18H,9-10H2,1-3H3,(H,28,29,32). The summed E-state index contributed by atoms with van der Waals surface area (Å²) in [6.07, 6.45) is 7.73. The van der Waals surface area contributed by atoms with Crippen LogP contribution in [0.2, 0.25) is 0 Å². The van der Waals surface area contributed by atoms with Crippen LogP contribution >= 0.6 is 0 Å². The van der Waals surface area contributed by atoms with Gasteiger partial charge < -0.3 is 14.5 Å². The van der Waals surface area contributed by atoms with Gasteiger partial charge in [-0.15, -0.1) is 0 Å². The Labute approximate surface area is 191 Å². The van der Waals surface area contributed by atoms with Gasteiger partial charge in [-0.2, -0.15) is 0 Å². The summed E-state index contributed by atoms with van der Waals surface area (Å²) >= 11 is 0. The zero-order valence-electron chi connectivity index (χ0n) is 18.7. The Balaban J connectivity index is 1.47. The Morgan fingerprint density at radius 3 is 2.67 bits per heavy atom. The highest BCUT2D eigenvalue weighted by molar-refractivity contribution is 6.04. The van der Waals surface area contributed by atoms with E-state index in [1.165, 1.54) is 4.57 Å². The number of hydrogen-bond donors (Lipinski definition) is 1. The molecular formula is C25H24N6O2. The zero-order chi connectivity index (χ0) is 23.1. The third-order valence-corrected chi connectivity index (χ3v) is 6.01. The second kappa shape index (κ2) is 8.12. The molecule has 1 saturated carbocycles. The van der Waals surface area contributed by atoms with Crippen LogP contribution < -0.4 is 10.9 Å². The van der Waals surface area contributed by atoms with Crippen molar-refractivity contribution in [2.75, 3.05) is 5.32 Å². The maximum absolute atomic E-state index is 13.1. The Morgan fingerprint density at radius 1 is 1.12 bits per heavy atom. The van der Waals surface area contributed by atoms with Crippen molar-refractivity contribution < 1.29 is 4.79 Å². The van der Waals surface area contributed by atoms with Crippen LogP contribution in [0, 0.1) is 13.8 Å². The first-order valence-electron chi connectivity index (χ1n) is 10.9. The van der Waals surface area contributed by atoms with Crippen molar-refractivity contribution in [3.8, 4) is 22.6 Å². The van der Waals surface area contributed by atoms with Gasteiger partial charge in [-0.05, 0) is 51.0 Å². The lowest BCUT2D eigenvalue weighted by Crippen LogP contribution is -2.29. The van der Waals surface area contributed by atoms with Crippen molar-refractivity contribution in [3.63, 3.8) is 0 Å². The van der Waals surface area contributed by atoms with Crippen LogP contribution in [-0.4, -0.2) is 30.0 Å². The van der Waals surface area contributed by atoms with Gasteiger partial charge in [0, 0.05) is 54.2 Å². The highest BCUT2D eigenvalue weighted by atomic mass is 16.2. The molecule has 1 aliphatic carbocycles. The van der Waals surface area contributed by atoms with E-state index in [9.17, 15) is 9.59 Å². The lowest BCUT2D eigenvalue weighted by molar-refractivity contribution is 0.102. The minimum Gasteiger partial charge on any atom is -0.327 e. The predicted octanol–water partition coefficient (Wildman–Crippen LogP) is 3.91. The molecule has 5 rings (SSSR count). The highest BCUT2D eigenvalue weighted by Gasteiger charge is 2.26. The molecular weight excluding hydrogens is 416 g/mol. The molecule has 1 amide bonds. The van der Waals surface area contributed by atoms with E-state index in [4.69, 9.17) is 0 Å². The number of rotatable bonds is 5. The van der Waals surface area contributed by atoms with Gasteiger partial charge in [-0.1, -0.05) is 12.1 Å². The number of pyridine rings is 3. The molecule has 0 radical (unpaired) electrons. The van der Waals surface area contributed by atoms with Crippen molar-refractivity contribution >= 4 is 11.7 Å². The Morgan fingerprint density at radius 2 is 1.94 bits per heavy atom. The number of carbonyl (C=O) groups is 1. The fourth-order valence-electron chi connectivity index (χ4n) is 3.88. The maximum Gasteiger partial charge on any atom is 0.263 e. The molecule has 4 aromatic rings. The van der Waals surface area contributed by atoms with Crippen molar-refractivity contribution in [2.45, 2.75) is 32.7 Å². The predicted molar refractivity (Wildman–Crippen MR) is 126 cm³/mol. The first-order valence-corrected chi connectivity index (χ1v) is 10.9. The van der Waals surface area contributed by atoms with E-state index in [1.807, 2.05) is 44.3 Å². The molecule has 8 nitrogen and oxygen atoms in total. The minimum atomic E-state index is -0.507. The molecule has 1 aliphatic rings. The number of aryl methyl sites for hydroxylation is 1. The van der Waals surface area contributed by atoms with Gasteiger partial charge in [0.05, 0.1) is 0 Å². The first kappa shape index (κ1) is 20.8. The maximum atomic E-state index is 13.1. The Bertz CT molecular complexity index is 1410. The first-order chi connectivity index (χ1) is 15.9. The molecule has 0 bridgehead atoms. The smallest absolute Gasteiger partial charge is 0.263 e. The van der Waals surface area contributed by atoms with Gasteiger partial charge in [0.1, 0.15) is 17.1 Å². The van der Waals surface area contributed by atoms with Crippen LogP contribution in [0.5, 0.6) is 0 Å². The summed E-state index contributed by atoms with van der Waals surface area (Å²) in [5.74, 6) is 0.630. The molecule has 1 fully saturated rings. The highest BCUT2D eigenvalue weighted by Crippen LogP contribution is 2.37. The molecule has 0 aliphatic heterocycles. The number of nitrogens with one attached hydrogen (secondary N) is 1. The van der Waals surface area contributed by atoms with Gasteiger partial charge in [-0.3, -0.25) is 14.6 Å². The molecule has 166 valence electrons. The molecule has 4 heterocycles. The molecule has 0 saturated heterocycles. The van der Waals surface area contributed by atoms with Gasteiger partial charge in [0.25, 0.3) is 11.5 Å². The van der Waals surface area contributed by atoms with E-state index in [0.29, 0.717) is 17.6 Å². The third kappa shape index (κ3) is 3.95. The van der Waals surface area contributed by atoms with E-state index in [2.05, 4.69) is 24.8 Å². The number of imidazole rings is 1. The van der Waals surface area contributed by atoms with E-state index in [0.717, 1.165) is 41.2 Å². The van der Waals surface area contributed by atoms with Gasteiger partial charge in [-0.25, -0.2) is 9.97 Å². The summed E-state index contributed by atoms with van der Waals surface area (Å²) in [6, 6.07) is 11.3. The average molecular weight is 441 g/mol. The quantitative estimate of drug-likeness (QED) is 0.508. The van der Waals surface area contributed by atoms with Crippen molar-refractivity contribution in [1.82, 2.24) is 24.1 Å². The van der Waals surface area contributed by atoms with Crippen molar-refractivity contribution in [1.29, 1.82) is 0 Å². The molecule has 8 heteroatoms. The number of aromatic nitrogens is 5. The molecule has 33 heavy (non-hydrogen) atoms. The van der Waals surface area contributed by atoms with Crippen molar-refractivity contribution in [2.24, 2.45) is 7.05 Å². The Hall–Kier alpha value is -4.07. The molecule has 0 aromatic carbocycles. The average Bonchev–Trinajstić information content (AvgIpc) is 3.54. The molecule has 0 spiro atoms. The van der Waals surface area contributed by atoms with Crippen LogP contribution in [0.4, 0.5) is 5.82 Å². The van der Waals surface area contributed by atoms with Crippen LogP contribution in [0.25, 0.3) is 22.6 Å². The molecule has 0 atom stereocenters. The van der Waals surface area contributed by atoms with E-state index >= 15 is 0 Å². The number of anilines is 1. The molecule has 1 N–H and O–H groups in total. The number of carbonyl (C=O) groups excluding carboxylic acids is 1. The van der Waals surface area contributed by atoms with E-state index in [-0.39, 0.29) is 11.1 Å². The number of nitrogens with zero attached hydrogens (tertiary/aromatic N) is 5. The topological polar surface area (TPSA) is 94.7 Å². The van der Waals surface area contributed by atoms with E-state index < -0.39 is 5.91 Å². The normalized spacial score (nSPS) is 13.2. The monoisotopic (exact) mass is 440 g/mol. The van der Waals surface area contributed by atoms with Gasteiger partial charge >= 0.3 is 0 Å². The van der Waals surface area contributed by atoms with Crippen LogP contribution in [0.1, 0.15) is 40.6 Å². The molecule has 0 unspecified atom stereocenters. The zero-order valence-corrected chi connectivity index (χ0v) is 18.7. The summed E-state index contributed by atoms with van der Waals surface area (Å²) in [5, 5.41) is 2.78. The third-order valence-electron chi connectivity index (χ3n) is 6.01. The summed E-state index contributed by atoms with van der Waals surface area (Å²) in [4.78, 5) is 39.4. The summed E-state index contributed by atoms with van der Waals surface area (Å²) in [7, 11) is 1.66. The minimum absolute atomic E-state index is 0.0466.